The van der Waals surface area contributed by atoms with Crippen molar-refractivity contribution in [3.05, 3.63) is 53.6 Å². The molecule has 1 fully saturated rings. The fraction of sp³-hybridized carbons (Fsp3) is 0.458. The summed E-state index contributed by atoms with van der Waals surface area (Å²) in [6.07, 6.45) is 0.917. The third-order valence-corrected chi connectivity index (χ3v) is 5.24. The number of rotatable bonds is 9. The molecule has 0 unspecified atom stereocenters. The van der Waals surface area contributed by atoms with E-state index in [0.717, 1.165) is 38.2 Å². The zero-order chi connectivity index (χ0) is 21.3. The van der Waals surface area contributed by atoms with Gasteiger partial charge in [0.05, 0.1) is 13.2 Å². The van der Waals surface area contributed by atoms with E-state index in [9.17, 15) is 4.79 Å². The molecular weight excluding hydrogens is 378 g/mol. The summed E-state index contributed by atoms with van der Waals surface area (Å²) in [5.41, 5.74) is 2.90. The number of likely N-dealkylation sites (N-methyl/N-ethyl adjacent to an activating group) is 1. The minimum atomic E-state index is -0.119. The second kappa shape index (κ2) is 10.9. The number of benzene rings is 2. The first-order chi connectivity index (χ1) is 14.6. The lowest BCUT2D eigenvalue weighted by atomic mass is 10.1. The maximum Gasteiger partial charge on any atom is 0.251 e. The molecule has 1 N–H and O–H groups in total. The van der Waals surface area contributed by atoms with E-state index in [-0.39, 0.29) is 5.91 Å². The van der Waals surface area contributed by atoms with Gasteiger partial charge in [-0.15, -0.1) is 0 Å². The van der Waals surface area contributed by atoms with Gasteiger partial charge in [-0.1, -0.05) is 25.1 Å². The van der Waals surface area contributed by atoms with Gasteiger partial charge in [-0.25, -0.2) is 0 Å². The fourth-order valence-electron chi connectivity index (χ4n) is 3.54. The molecule has 1 heterocycles. The lowest BCUT2D eigenvalue weighted by Crippen LogP contribution is -2.45. The molecule has 1 aliphatic heterocycles. The molecule has 6 heteroatoms. The first kappa shape index (κ1) is 22.0. The van der Waals surface area contributed by atoms with Crippen molar-refractivity contribution in [2.24, 2.45) is 0 Å². The van der Waals surface area contributed by atoms with Gasteiger partial charge in [-0.2, -0.15) is 0 Å². The van der Waals surface area contributed by atoms with Gasteiger partial charge in [0.1, 0.15) is 0 Å². The van der Waals surface area contributed by atoms with Gasteiger partial charge in [0, 0.05) is 44.0 Å². The molecule has 2 aromatic rings. The predicted octanol–water partition coefficient (Wildman–Crippen LogP) is 3.56. The van der Waals surface area contributed by atoms with Crippen LogP contribution in [0.4, 0.5) is 5.69 Å². The van der Waals surface area contributed by atoms with Crippen molar-refractivity contribution in [3.63, 3.8) is 0 Å². The number of hydrogen-bond acceptors (Lipinski definition) is 5. The highest BCUT2D eigenvalue weighted by Crippen LogP contribution is 2.29. The van der Waals surface area contributed by atoms with Crippen LogP contribution < -0.4 is 19.7 Å². The number of amides is 1. The molecule has 0 aromatic heterocycles. The van der Waals surface area contributed by atoms with Gasteiger partial charge in [0.25, 0.3) is 5.91 Å². The molecule has 0 bridgehead atoms. The quantitative estimate of drug-likeness (QED) is 0.684. The summed E-state index contributed by atoms with van der Waals surface area (Å²) < 4.78 is 11.4. The topological polar surface area (TPSA) is 54.0 Å². The van der Waals surface area contributed by atoms with Gasteiger partial charge in [0.15, 0.2) is 11.5 Å². The van der Waals surface area contributed by atoms with Gasteiger partial charge < -0.3 is 24.6 Å². The Labute approximate surface area is 179 Å². The highest BCUT2D eigenvalue weighted by Gasteiger charge is 2.17. The number of nitrogens with one attached hydrogen (secondary N) is 1. The molecule has 2 aromatic carbocycles. The van der Waals surface area contributed by atoms with E-state index in [1.807, 2.05) is 19.1 Å². The molecule has 1 aliphatic rings. The molecule has 30 heavy (non-hydrogen) atoms. The summed E-state index contributed by atoms with van der Waals surface area (Å²) in [5.74, 6) is 1.17. The number of anilines is 1. The highest BCUT2D eigenvalue weighted by atomic mass is 16.5. The Kier molecular flexibility index (Phi) is 7.97. The van der Waals surface area contributed by atoms with Crippen LogP contribution >= 0.6 is 0 Å². The van der Waals surface area contributed by atoms with Crippen LogP contribution in [-0.2, 0) is 6.54 Å². The van der Waals surface area contributed by atoms with Crippen molar-refractivity contribution in [1.29, 1.82) is 0 Å². The monoisotopic (exact) mass is 411 g/mol. The Hall–Kier alpha value is -2.73. The Morgan fingerprint density at radius 1 is 1.00 bits per heavy atom. The second-order valence-corrected chi connectivity index (χ2v) is 7.54. The molecule has 3 rings (SSSR count). The van der Waals surface area contributed by atoms with E-state index in [1.54, 1.807) is 12.1 Å². The van der Waals surface area contributed by atoms with E-state index in [1.165, 1.54) is 5.69 Å². The third-order valence-electron chi connectivity index (χ3n) is 5.24. The maximum atomic E-state index is 12.8. The first-order valence-electron chi connectivity index (χ1n) is 10.8. The Bertz CT molecular complexity index is 832. The molecule has 162 valence electrons. The summed E-state index contributed by atoms with van der Waals surface area (Å²) in [6.45, 7) is 9.70. The molecule has 6 nitrogen and oxygen atoms in total. The van der Waals surface area contributed by atoms with Crippen LogP contribution in [0, 0.1) is 0 Å². The standard InChI is InChI=1S/C24H33N3O3/c1-4-16-30-22-11-10-19(17-23(22)29-5-2)24(28)25-18-20-8-6-7-9-21(20)27-14-12-26(3)13-15-27/h6-11,17H,4-5,12-16,18H2,1-3H3,(H,25,28). The summed E-state index contributed by atoms with van der Waals surface area (Å²) in [4.78, 5) is 17.5. The molecule has 1 amide bonds. The lowest BCUT2D eigenvalue weighted by molar-refractivity contribution is 0.0950. The van der Waals surface area contributed by atoms with E-state index >= 15 is 0 Å². The number of nitrogens with zero attached hydrogens (tertiary/aromatic N) is 2. The minimum Gasteiger partial charge on any atom is -0.490 e. The van der Waals surface area contributed by atoms with Crippen LogP contribution in [-0.4, -0.2) is 57.2 Å². The van der Waals surface area contributed by atoms with E-state index in [2.05, 4.69) is 47.3 Å². The van der Waals surface area contributed by atoms with Crippen LogP contribution in [0.15, 0.2) is 42.5 Å². The van der Waals surface area contributed by atoms with Crippen molar-refractivity contribution < 1.29 is 14.3 Å². The number of hydrogen-bond donors (Lipinski definition) is 1. The van der Waals surface area contributed by atoms with Crippen LogP contribution in [0.25, 0.3) is 0 Å². The summed E-state index contributed by atoms with van der Waals surface area (Å²) in [6, 6.07) is 13.7. The van der Waals surface area contributed by atoms with Crippen molar-refractivity contribution in [1.82, 2.24) is 10.2 Å². The molecule has 0 spiro atoms. The number of piperazine rings is 1. The SMILES string of the molecule is CCCOc1ccc(C(=O)NCc2ccccc2N2CCN(C)CC2)cc1OCC. The van der Waals surface area contributed by atoms with Crippen molar-refractivity contribution in [2.45, 2.75) is 26.8 Å². The van der Waals surface area contributed by atoms with Gasteiger partial charge in [-0.3, -0.25) is 4.79 Å². The van der Waals surface area contributed by atoms with Crippen molar-refractivity contribution >= 4 is 11.6 Å². The summed E-state index contributed by atoms with van der Waals surface area (Å²) in [5, 5.41) is 3.06. The molecule has 0 saturated carbocycles. The van der Waals surface area contributed by atoms with Gasteiger partial charge in [0.2, 0.25) is 0 Å². The summed E-state index contributed by atoms with van der Waals surface area (Å²) >= 11 is 0. The highest BCUT2D eigenvalue weighted by molar-refractivity contribution is 5.95. The zero-order valence-electron chi connectivity index (χ0n) is 18.3. The van der Waals surface area contributed by atoms with Gasteiger partial charge in [-0.05, 0) is 50.2 Å². The number of carbonyl (C=O) groups excluding carboxylic acids is 1. The van der Waals surface area contributed by atoms with E-state index in [0.29, 0.717) is 36.8 Å². The number of para-hydroxylation sites is 1. The van der Waals surface area contributed by atoms with Crippen molar-refractivity contribution in [3.8, 4) is 11.5 Å². The smallest absolute Gasteiger partial charge is 0.251 e. The lowest BCUT2D eigenvalue weighted by Gasteiger charge is -2.35. The third kappa shape index (κ3) is 5.66. The normalized spacial score (nSPS) is 14.4. The average molecular weight is 412 g/mol. The number of carbonyl (C=O) groups is 1. The molecule has 0 atom stereocenters. The molecule has 1 saturated heterocycles. The van der Waals surface area contributed by atoms with E-state index < -0.39 is 0 Å². The molecular formula is C24H33N3O3. The zero-order valence-corrected chi connectivity index (χ0v) is 18.3. The minimum absolute atomic E-state index is 0.119. The Morgan fingerprint density at radius 2 is 1.77 bits per heavy atom. The molecule has 0 radical (unpaired) electrons. The van der Waals surface area contributed by atoms with Crippen molar-refractivity contribution in [2.75, 3.05) is 51.3 Å². The van der Waals surface area contributed by atoms with Crippen LogP contribution in [0.3, 0.4) is 0 Å². The van der Waals surface area contributed by atoms with Crippen LogP contribution in [0.1, 0.15) is 36.2 Å². The van der Waals surface area contributed by atoms with E-state index in [4.69, 9.17) is 9.47 Å². The summed E-state index contributed by atoms with van der Waals surface area (Å²) in [7, 11) is 2.15. The maximum absolute atomic E-state index is 12.8. The van der Waals surface area contributed by atoms with Gasteiger partial charge >= 0.3 is 0 Å². The number of ether oxygens (including phenoxy) is 2. The van der Waals surface area contributed by atoms with Crippen LogP contribution in [0.2, 0.25) is 0 Å². The Balaban J connectivity index is 1.68. The first-order valence-corrected chi connectivity index (χ1v) is 10.8. The average Bonchev–Trinajstić information content (AvgIpc) is 2.77. The second-order valence-electron chi connectivity index (χ2n) is 7.54. The Morgan fingerprint density at radius 3 is 2.50 bits per heavy atom. The van der Waals surface area contributed by atoms with Crippen LogP contribution in [0.5, 0.6) is 11.5 Å². The fourth-order valence-corrected chi connectivity index (χ4v) is 3.54. The predicted molar refractivity (Wildman–Crippen MR) is 121 cm³/mol. The largest absolute Gasteiger partial charge is 0.490 e. The molecule has 0 aliphatic carbocycles.